The predicted molar refractivity (Wildman–Crippen MR) is 111 cm³/mol. The van der Waals surface area contributed by atoms with E-state index in [1.807, 2.05) is 6.07 Å². The molecule has 1 saturated carbocycles. The molecule has 1 unspecified atom stereocenters. The van der Waals surface area contributed by atoms with Crippen LogP contribution in [-0.4, -0.2) is 46.9 Å². The molecule has 1 aliphatic carbocycles. The van der Waals surface area contributed by atoms with Crippen LogP contribution >= 0.6 is 23.4 Å². The van der Waals surface area contributed by atoms with Crippen molar-refractivity contribution in [2.45, 2.75) is 54.5 Å². The Morgan fingerprint density at radius 3 is 2.42 bits per heavy atom. The van der Waals surface area contributed by atoms with Crippen LogP contribution in [0.3, 0.4) is 0 Å². The number of alkyl halides is 3. The number of benzene rings is 1. The number of halogens is 4. The summed E-state index contributed by atoms with van der Waals surface area (Å²) >= 11 is 7.36. The summed E-state index contributed by atoms with van der Waals surface area (Å²) in [4.78, 5) is 34.3. The molecule has 3 rings (SSSR count). The number of carboxylic acids is 1. The van der Waals surface area contributed by atoms with E-state index >= 15 is 0 Å². The quantitative estimate of drug-likeness (QED) is 0.523. The van der Waals surface area contributed by atoms with Crippen LogP contribution in [0.25, 0.3) is 0 Å². The molecule has 0 bridgehead atoms. The number of nitrogens with one attached hydrogen (secondary N) is 2. The highest BCUT2D eigenvalue weighted by Gasteiger charge is 2.38. The molecule has 0 saturated heterocycles. The first kappa shape index (κ1) is 25.3. The maximum absolute atomic E-state index is 12.3. The molecule has 31 heavy (non-hydrogen) atoms. The molecule has 5 N–H and O–H groups in total. The van der Waals surface area contributed by atoms with Crippen LogP contribution < -0.4 is 16.4 Å². The highest BCUT2D eigenvalue weighted by molar-refractivity contribution is 8.01. The van der Waals surface area contributed by atoms with Gasteiger partial charge in [-0.2, -0.15) is 13.2 Å². The van der Waals surface area contributed by atoms with Gasteiger partial charge >= 0.3 is 12.1 Å². The van der Waals surface area contributed by atoms with Crippen molar-refractivity contribution < 1.29 is 32.7 Å². The summed E-state index contributed by atoms with van der Waals surface area (Å²) < 4.78 is 31.7. The van der Waals surface area contributed by atoms with E-state index in [0.717, 1.165) is 37.1 Å². The second kappa shape index (κ2) is 11.1. The number of aliphatic carboxylic acids is 1. The van der Waals surface area contributed by atoms with Gasteiger partial charge in [0.2, 0.25) is 11.8 Å². The lowest BCUT2D eigenvalue weighted by molar-refractivity contribution is -0.192. The van der Waals surface area contributed by atoms with E-state index < -0.39 is 17.4 Å². The summed E-state index contributed by atoms with van der Waals surface area (Å²) in [6, 6.07) is 5.61. The number of nitrogens with two attached hydrogens (primary N) is 1. The van der Waals surface area contributed by atoms with Crippen molar-refractivity contribution >= 4 is 46.8 Å². The molecular weight excluding hydrogens is 459 g/mol. The van der Waals surface area contributed by atoms with E-state index in [1.54, 1.807) is 12.1 Å². The van der Waals surface area contributed by atoms with E-state index in [9.17, 15) is 22.8 Å². The molecule has 0 aromatic heterocycles. The molecule has 172 valence electrons. The number of rotatable bonds is 4. The fraction of sp³-hybridized carbons (Fsp3) is 0.526. The van der Waals surface area contributed by atoms with Gasteiger partial charge in [0, 0.05) is 22.4 Å². The summed E-state index contributed by atoms with van der Waals surface area (Å²) in [6.45, 7) is 0.725. The average molecular weight is 482 g/mol. The Labute approximate surface area is 186 Å². The van der Waals surface area contributed by atoms with Crippen molar-refractivity contribution in [3.8, 4) is 0 Å². The van der Waals surface area contributed by atoms with Crippen LogP contribution in [0.15, 0.2) is 23.1 Å². The smallest absolute Gasteiger partial charge is 0.475 e. The maximum Gasteiger partial charge on any atom is 0.490 e. The number of carbonyl (C=O) groups excluding carboxylic acids is 2. The molecule has 2 aliphatic rings. The average Bonchev–Trinajstić information content (AvgIpc) is 2.69. The zero-order valence-electron chi connectivity index (χ0n) is 16.4. The number of thioether (sulfide) groups is 1. The molecule has 1 heterocycles. The van der Waals surface area contributed by atoms with E-state index in [2.05, 4.69) is 10.6 Å². The molecule has 1 fully saturated rings. The van der Waals surface area contributed by atoms with Gasteiger partial charge in [0.05, 0.1) is 10.9 Å². The first-order chi connectivity index (χ1) is 14.5. The Hall–Kier alpha value is -1.98. The molecule has 7 nitrogen and oxygen atoms in total. The minimum atomic E-state index is -5.08. The van der Waals surface area contributed by atoms with Gasteiger partial charge in [-0.15, -0.1) is 11.8 Å². The molecule has 12 heteroatoms. The Kier molecular flexibility index (Phi) is 9.01. The highest BCUT2D eigenvalue weighted by atomic mass is 35.5. The molecule has 2 amide bonds. The zero-order valence-corrected chi connectivity index (χ0v) is 17.9. The topological polar surface area (TPSA) is 122 Å². The molecule has 1 aromatic carbocycles. The SMILES string of the molecule is NCC1CCC(NC(=O)CC2Sc3ccc(Cl)cc3NC2=O)CC1.O=C(O)C(F)(F)F. The number of hydrogen-bond acceptors (Lipinski definition) is 5. The normalized spacial score (nSPS) is 23.0. The molecule has 0 radical (unpaired) electrons. The van der Waals surface area contributed by atoms with Crippen LogP contribution in [0.4, 0.5) is 18.9 Å². The maximum atomic E-state index is 12.3. The number of carbonyl (C=O) groups is 3. The van der Waals surface area contributed by atoms with Crippen molar-refractivity contribution in [2.24, 2.45) is 11.7 Å². The fourth-order valence-electron chi connectivity index (χ4n) is 3.25. The van der Waals surface area contributed by atoms with Gasteiger partial charge in [-0.25, -0.2) is 4.79 Å². The van der Waals surface area contributed by atoms with E-state index in [1.165, 1.54) is 11.8 Å². The van der Waals surface area contributed by atoms with Crippen LogP contribution in [0, 0.1) is 5.92 Å². The number of fused-ring (bicyclic) bond motifs is 1. The summed E-state index contributed by atoms with van der Waals surface area (Å²) in [6.07, 6.45) is -0.824. The van der Waals surface area contributed by atoms with Gasteiger partial charge < -0.3 is 21.5 Å². The van der Waals surface area contributed by atoms with Gasteiger partial charge in [0.15, 0.2) is 0 Å². The predicted octanol–water partition coefficient (Wildman–Crippen LogP) is 3.41. The summed E-state index contributed by atoms with van der Waals surface area (Å²) in [7, 11) is 0. The molecular formula is C19H23ClF3N3O4S. The largest absolute Gasteiger partial charge is 0.490 e. The second-order valence-corrected chi connectivity index (χ2v) is 8.95. The highest BCUT2D eigenvalue weighted by Crippen LogP contribution is 2.38. The lowest BCUT2D eigenvalue weighted by Gasteiger charge is -2.29. The second-order valence-electron chi connectivity index (χ2n) is 7.26. The third-order valence-corrected chi connectivity index (χ3v) is 6.43. The lowest BCUT2D eigenvalue weighted by Crippen LogP contribution is -2.41. The number of hydrogen-bond donors (Lipinski definition) is 4. The minimum absolute atomic E-state index is 0.0590. The third-order valence-electron chi connectivity index (χ3n) is 4.92. The Balaban J connectivity index is 0.000000423. The van der Waals surface area contributed by atoms with Crippen LogP contribution in [0.1, 0.15) is 32.1 Å². The van der Waals surface area contributed by atoms with Crippen LogP contribution in [0.5, 0.6) is 0 Å². The van der Waals surface area contributed by atoms with Crippen molar-refractivity contribution in [3.05, 3.63) is 23.2 Å². The number of anilines is 1. The van der Waals surface area contributed by atoms with Crippen LogP contribution in [-0.2, 0) is 14.4 Å². The first-order valence-electron chi connectivity index (χ1n) is 9.56. The summed E-state index contributed by atoms with van der Waals surface area (Å²) in [5.41, 5.74) is 6.41. The third kappa shape index (κ3) is 7.89. The Morgan fingerprint density at radius 1 is 1.26 bits per heavy atom. The molecule has 1 aliphatic heterocycles. The molecule has 1 aromatic rings. The van der Waals surface area contributed by atoms with Gasteiger partial charge in [0.25, 0.3) is 0 Å². The van der Waals surface area contributed by atoms with Gasteiger partial charge in [0.1, 0.15) is 0 Å². The minimum Gasteiger partial charge on any atom is -0.475 e. The summed E-state index contributed by atoms with van der Waals surface area (Å²) in [5.74, 6) is -2.37. The molecule has 0 spiro atoms. The van der Waals surface area contributed by atoms with Gasteiger partial charge in [-0.1, -0.05) is 11.6 Å². The first-order valence-corrected chi connectivity index (χ1v) is 10.8. The lowest BCUT2D eigenvalue weighted by atomic mass is 9.86. The molecule has 1 atom stereocenters. The number of carboxylic acid groups (broad SMARTS) is 1. The monoisotopic (exact) mass is 481 g/mol. The van der Waals surface area contributed by atoms with E-state index in [0.29, 0.717) is 16.6 Å². The van der Waals surface area contributed by atoms with E-state index in [-0.39, 0.29) is 24.3 Å². The van der Waals surface area contributed by atoms with Crippen LogP contribution in [0.2, 0.25) is 5.02 Å². The Bertz CT molecular complexity index is 817. The number of amides is 2. The zero-order chi connectivity index (χ0) is 23.2. The van der Waals surface area contributed by atoms with Gasteiger partial charge in [-0.3, -0.25) is 9.59 Å². The van der Waals surface area contributed by atoms with Crippen molar-refractivity contribution in [3.63, 3.8) is 0 Å². The summed E-state index contributed by atoms with van der Waals surface area (Å²) in [5, 5.41) is 13.2. The van der Waals surface area contributed by atoms with Crippen molar-refractivity contribution in [2.75, 3.05) is 11.9 Å². The van der Waals surface area contributed by atoms with Crippen molar-refractivity contribution in [1.29, 1.82) is 0 Å². The fourth-order valence-corrected chi connectivity index (χ4v) is 4.52. The van der Waals surface area contributed by atoms with Crippen molar-refractivity contribution in [1.82, 2.24) is 5.32 Å². The van der Waals surface area contributed by atoms with Gasteiger partial charge in [-0.05, 0) is 56.3 Å². The Morgan fingerprint density at radius 2 is 1.87 bits per heavy atom. The standard InChI is InChI=1S/C17H22ClN3O2S.C2HF3O2/c18-11-3-6-14-13(7-11)21-17(23)15(24-14)8-16(22)20-12-4-1-10(9-19)2-5-12;3-2(4,5)1(6)7/h3,6-7,10,12,15H,1-2,4-5,8-9,19H2,(H,20,22)(H,21,23);(H,6,7). The van der Waals surface area contributed by atoms with E-state index in [4.69, 9.17) is 27.2 Å².